The van der Waals surface area contributed by atoms with Crippen molar-refractivity contribution in [2.75, 3.05) is 25.1 Å². The van der Waals surface area contributed by atoms with E-state index in [2.05, 4.69) is 10.6 Å². The zero-order valence-corrected chi connectivity index (χ0v) is 14.3. The third-order valence-electron chi connectivity index (χ3n) is 2.91. The molecule has 1 atom stereocenters. The Bertz CT molecular complexity index is 446. The minimum Gasteiger partial charge on any atom is -0.353 e. The highest BCUT2D eigenvalue weighted by molar-refractivity contribution is 7.98. The van der Waals surface area contributed by atoms with E-state index in [9.17, 15) is 9.59 Å². The molecule has 0 aromatic heterocycles. The van der Waals surface area contributed by atoms with Crippen LogP contribution in [0.1, 0.15) is 12.0 Å². The Morgan fingerprint density at radius 2 is 1.95 bits per heavy atom. The van der Waals surface area contributed by atoms with E-state index in [1.165, 1.54) is 0 Å². The van der Waals surface area contributed by atoms with Crippen LogP contribution >= 0.6 is 24.2 Å². The maximum absolute atomic E-state index is 12.0. The average molecular weight is 346 g/mol. The van der Waals surface area contributed by atoms with Gasteiger partial charge in [0.1, 0.15) is 6.04 Å². The summed E-state index contributed by atoms with van der Waals surface area (Å²) >= 11 is 1.65. The molecule has 0 radical (unpaired) electrons. The molecule has 0 fully saturated rings. The number of carbonyl (C=O) groups is 2. The Labute approximate surface area is 142 Å². The van der Waals surface area contributed by atoms with Crippen LogP contribution < -0.4 is 16.4 Å². The molecule has 124 valence electrons. The number of carbonyl (C=O) groups excluding carboxylic acids is 2. The molecule has 0 aliphatic carbocycles. The average Bonchev–Trinajstić information content (AvgIpc) is 2.50. The summed E-state index contributed by atoms with van der Waals surface area (Å²) in [5.74, 6) is 0.498. The van der Waals surface area contributed by atoms with E-state index in [-0.39, 0.29) is 30.6 Å². The second-order valence-electron chi connectivity index (χ2n) is 4.64. The second kappa shape index (κ2) is 12.3. The molecule has 7 heteroatoms. The van der Waals surface area contributed by atoms with Crippen molar-refractivity contribution in [3.8, 4) is 0 Å². The molecule has 0 aliphatic heterocycles. The molecule has 4 N–H and O–H groups in total. The topological polar surface area (TPSA) is 84.2 Å². The van der Waals surface area contributed by atoms with E-state index in [0.29, 0.717) is 19.5 Å². The number of thioether (sulfide) groups is 1. The van der Waals surface area contributed by atoms with Crippen LogP contribution in [0.25, 0.3) is 0 Å². The first-order valence-electron chi connectivity index (χ1n) is 6.97. The van der Waals surface area contributed by atoms with Gasteiger partial charge in [0.15, 0.2) is 0 Å². The van der Waals surface area contributed by atoms with Gasteiger partial charge in [-0.05, 0) is 24.0 Å². The molecule has 1 aromatic rings. The van der Waals surface area contributed by atoms with Crippen molar-refractivity contribution in [1.82, 2.24) is 10.6 Å². The van der Waals surface area contributed by atoms with Crippen molar-refractivity contribution in [2.24, 2.45) is 5.73 Å². The predicted octanol–water partition coefficient (Wildman–Crippen LogP) is 0.964. The number of nitrogens with one attached hydrogen (secondary N) is 2. The van der Waals surface area contributed by atoms with Gasteiger partial charge in [-0.3, -0.25) is 9.59 Å². The molecule has 0 aliphatic rings. The van der Waals surface area contributed by atoms with Crippen LogP contribution in [0.4, 0.5) is 0 Å². The zero-order valence-electron chi connectivity index (χ0n) is 12.7. The Hall–Kier alpha value is -1.24. The predicted molar refractivity (Wildman–Crippen MR) is 94.4 cm³/mol. The van der Waals surface area contributed by atoms with Crippen LogP contribution in [-0.2, 0) is 16.0 Å². The normalized spacial score (nSPS) is 11.2. The Kier molecular flexibility index (Phi) is 11.6. The summed E-state index contributed by atoms with van der Waals surface area (Å²) in [6.45, 7) is 0.808. The van der Waals surface area contributed by atoms with Crippen LogP contribution in [0, 0.1) is 0 Å². The quantitative estimate of drug-likeness (QED) is 0.622. The number of rotatable bonds is 9. The van der Waals surface area contributed by atoms with Gasteiger partial charge in [0.2, 0.25) is 11.8 Å². The molecule has 0 heterocycles. The molecule has 0 spiro atoms. The van der Waals surface area contributed by atoms with Gasteiger partial charge in [-0.25, -0.2) is 0 Å². The molecule has 0 saturated heterocycles. The lowest BCUT2D eigenvalue weighted by Gasteiger charge is -2.18. The highest BCUT2D eigenvalue weighted by Crippen LogP contribution is 2.03. The number of hydrogen-bond donors (Lipinski definition) is 3. The SMILES string of the molecule is CSCCC(NC(=O)Cc1ccccc1)C(=O)NCCN.Cl. The van der Waals surface area contributed by atoms with Crippen LogP contribution in [-0.4, -0.2) is 43.0 Å². The Balaban J connectivity index is 0.00000441. The standard InChI is InChI=1S/C15H23N3O2S.ClH/c1-21-10-7-13(15(20)17-9-8-16)18-14(19)11-12-5-3-2-4-6-12;/h2-6,13H,7-11,16H2,1H3,(H,17,20)(H,18,19);1H. The highest BCUT2D eigenvalue weighted by atomic mass is 35.5. The van der Waals surface area contributed by atoms with Gasteiger partial charge in [-0.15, -0.1) is 12.4 Å². The monoisotopic (exact) mass is 345 g/mol. The summed E-state index contributed by atoms with van der Waals surface area (Å²) in [7, 11) is 0. The fraction of sp³-hybridized carbons (Fsp3) is 0.467. The summed E-state index contributed by atoms with van der Waals surface area (Å²) in [4.78, 5) is 24.0. The van der Waals surface area contributed by atoms with Crippen LogP contribution in [0.5, 0.6) is 0 Å². The number of nitrogens with two attached hydrogens (primary N) is 1. The van der Waals surface area contributed by atoms with E-state index in [4.69, 9.17) is 5.73 Å². The zero-order chi connectivity index (χ0) is 15.5. The summed E-state index contributed by atoms with van der Waals surface area (Å²) in [6.07, 6.45) is 2.86. The first kappa shape index (κ1) is 20.8. The van der Waals surface area contributed by atoms with Gasteiger partial charge < -0.3 is 16.4 Å². The van der Waals surface area contributed by atoms with Crippen LogP contribution in [0.15, 0.2) is 30.3 Å². The molecular weight excluding hydrogens is 322 g/mol. The maximum atomic E-state index is 12.0. The summed E-state index contributed by atoms with van der Waals surface area (Å²) in [6, 6.07) is 8.97. The Morgan fingerprint density at radius 3 is 2.55 bits per heavy atom. The first-order valence-corrected chi connectivity index (χ1v) is 8.36. The van der Waals surface area contributed by atoms with Crippen molar-refractivity contribution in [1.29, 1.82) is 0 Å². The number of benzene rings is 1. The maximum Gasteiger partial charge on any atom is 0.242 e. The van der Waals surface area contributed by atoms with Gasteiger partial charge >= 0.3 is 0 Å². The van der Waals surface area contributed by atoms with E-state index >= 15 is 0 Å². The van der Waals surface area contributed by atoms with E-state index < -0.39 is 6.04 Å². The number of halogens is 1. The Morgan fingerprint density at radius 1 is 1.27 bits per heavy atom. The minimum absolute atomic E-state index is 0. The van der Waals surface area contributed by atoms with Gasteiger partial charge in [0.05, 0.1) is 6.42 Å². The van der Waals surface area contributed by atoms with Gasteiger partial charge in [0.25, 0.3) is 0 Å². The van der Waals surface area contributed by atoms with Crippen molar-refractivity contribution >= 4 is 36.0 Å². The molecule has 1 rings (SSSR count). The van der Waals surface area contributed by atoms with Crippen molar-refractivity contribution in [2.45, 2.75) is 18.9 Å². The number of amides is 2. The molecule has 5 nitrogen and oxygen atoms in total. The van der Waals surface area contributed by atoms with Crippen molar-refractivity contribution in [3.05, 3.63) is 35.9 Å². The summed E-state index contributed by atoms with van der Waals surface area (Å²) < 4.78 is 0. The first-order chi connectivity index (χ1) is 10.2. The molecular formula is C15H24ClN3O2S. The van der Waals surface area contributed by atoms with Crippen molar-refractivity contribution < 1.29 is 9.59 Å². The number of hydrogen-bond acceptors (Lipinski definition) is 4. The van der Waals surface area contributed by atoms with E-state index in [0.717, 1.165) is 11.3 Å². The molecule has 22 heavy (non-hydrogen) atoms. The molecule has 1 aromatic carbocycles. The summed E-state index contributed by atoms with van der Waals surface area (Å²) in [5, 5.41) is 5.53. The fourth-order valence-corrected chi connectivity index (χ4v) is 2.32. The van der Waals surface area contributed by atoms with Crippen molar-refractivity contribution in [3.63, 3.8) is 0 Å². The molecule has 0 bridgehead atoms. The van der Waals surface area contributed by atoms with Gasteiger partial charge in [-0.2, -0.15) is 11.8 Å². The van der Waals surface area contributed by atoms with E-state index in [1.807, 2.05) is 36.6 Å². The largest absolute Gasteiger partial charge is 0.353 e. The summed E-state index contributed by atoms with van der Waals surface area (Å²) in [5.41, 5.74) is 6.31. The third-order valence-corrected chi connectivity index (χ3v) is 3.56. The van der Waals surface area contributed by atoms with Gasteiger partial charge in [-0.1, -0.05) is 30.3 Å². The fourth-order valence-electron chi connectivity index (χ4n) is 1.85. The molecule has 1 unspecified atom stereocenters. The smallest absolute Gasteiger partial charge is 0.242 e. The lowest BCUT2D eigenvalue weighted by Crippen LogP contribution is -2.48. The molecule has 0 saturated carbocycles. The van der Waals surface area contributed by atoms with Crippen LogP contribution in [0.3, 0.4) is 0 Å². The molecule has 2 amide bonds. The third kappa shape index (κ3) is 8.26. The van der Waals surface area contributed by atoms with E-state index in [1.54, 1.807) is 11.8 Å². The van der Waals surface area contributed by atoms with Gasteiger partial charge in [0, 0.05) is 13.1 Å². The minimum atomic E-state index is -0.500. The lowest BCUT2D eigenvalue weighted by atomic mass is 10.1. The highest BCUT2D eigenvalue weighted by Gasteiger charge is 2.19. The lowest BCUT2D eigenvalue weighted by molar-refractivity contribution is -0.128. The van der Waals surface area contributed by atoms with Crippen LogP contribution in [0.2, 0.25) is 0 Å². The second-order valence-corrected chi connectivity index (χ2v) is 5.63.